The molecule has 3 N–H and O–H groups in total. The molecule has 0 saturated carbocycles. The van der Waals surface area contributed by atoms with Crippen LogP contribution in [0.4, 0.5) is 0 Å². The number of unbranched alkanes of at least 4 members (excludes halogenated alkanes) is 5. The van der Waals surface area contributed by atoms with Gasteiger partial charge in [-0.05, 0) is 6.42 Å². The summed E-state index contributed by atoms with van der Waals surface area (Å²) in [7, 11) is 0. The van der Waals surface area contributed by atoms with Gasteiger partial charge in [0, 0.05) is 6.54 Å². The average Bonchev–Trinajstić information content (AvgIpc) is 2.16. The van der Waals surface area contributed by atoms with Crippen LogP contribution in [0.3, 0.4) is 0 Å². The Morgan fingerprint density at radius 2 is 1.64 bits per heavy atom. The highest BCUT2D eigenvalue weighted by Gasteiger charge is 2.05. The van der Waals surface area contributed by atoms with Crippen molar-refractivity contribution in [3.63, 3.8) is 0 Å². The predicted molar refractivity (Wildman–Crippen MR) is 55.6 cm³/mol. The SMILES string of the molecule is CCCCCCCCNC(=O)C(N)=O. The maximum atomic E-state index is 10.7. The molecular weight excluding hydrogens is 180 g/mol. The highest BCUT2D eigenvalue weighted by molar-refractivity contribution is 6.34. The maximum Gasteiger partial charge on any atom is 0.309 e. The summed E-state index contributed by atoms with van der Waals surface area (Å²) in [6.45, 7) is 2.72. The lowest BCUT2D eigenvalue weighted by atomic mass is 10.1. The van der Waals surface area contributed by atoms with Crippen LogP contribution in [-0.4, -0.2) is 18.4 Å². The summed E-state index contributed by atoms with van der Waals surface area (Å²) < 4.78 is 0. The van der Waals surface area contributed by atoms with Crippen molar-refractivity contribution in [3.05, 3.63) is 0 Å². The third-order valence-electron chi connectivity index (χ3n) is 2.04. The van der Waals surface area contributed by atoms with Crippen LogP contribution in [0.15, 0.2) is 0 Å². The number of amides is 2. The number of rotatable bonds is 7. The van der Waals surface area contributed by atoms with Crippen LogP contribution in [0.2, 0.25) is 0 Å². The van der Waals surface area contributed by atoms with Gasteiger partial charge in [-0.3, -0.25) is 9.59 Å². The monoisotopic (exact) mass is 200 g/mol. The van der Waals surface area contributed by atoms with Gasteiger partial charge in [0.25, 0.3) is 0 Å². The lowest BCUT2D eigenvalue weighted by Gasteiger charge is -2.02. The van der Waals surface area contributed by atoms with Crippen LogP contribution in [0.5, 0.6) is 0 Å². The van der Waals surface area contributed by atoms with E-state index in [9.17, 15) is 9.59 Å². The second kappa shape index (κ2) is 8.53. The number of primary amides is 1. The molecule has 0 heterocycles. The summed E-state index contributed by atoms with van der Waals surface area (Å²) in [6, 6.07) is 0. The van der Waals surface area contributed by atoms with Crippen LogP contribution >= 0.6 is 0 Å². The Kier molecular flexibility index (Phi) is 7.89. The molecule has 4 heteroatoms. The average molecular weight is 200 g/mol. The van der Waals surface area contributed by atoms with Gasteiger partial charge in [-0.15, -0.1) is 0 Å². The van der Waals surface area contributed by atoms with E-state index in [0.29, 0.717) is 6.54 Å². The molecule has 0 aromatic rings. The van der Waals surface area contributed by atoms with E-state index in [2.05, 4.69) is 12.2 Å². The van der Waals surface area contributed by atoms with Crippen molar-refractivity contribution in [2.75, 3.05) is 6.54 Å². The molecule has 2 amide bonds. The Morgan fingerprint density at radius 3 is 2.21 bits per heavy atom. The van der Waals surface area contributed by atoms with Crippen LogP contribution in [-0.2, 0) is 9.59 Å². The highest BCUT2D eigenvalue weighted by Crippen LogP contribution is 2.03. The molecule has 4 nitrogen and oxygen atoms in total. The van der Waals surface area contributed by atoms with Crippen molar-refractivity contribution in [2.24, 2.45) is 5.73 Å². The first-order chi connectivity index (χ1) is 6.68. The number of carbonyl (C=O) groups excluding carboxylic acids is 2. The predicted octanol–water partition coefficient (Wildman–Crippen LogP) is 0.948. The summed E-state index contributed by atoms with van der Waals surface area (Å²) in [5, 5.41) is 2.46. The topological polar surface area (TPSA) is 72.2 Å². The minimum atomic E-state index is -0.906. The molecule has 0 bridgehead atoms. The summed E-state index contributed by atoms with van der Waals surface area (Å²) in [6.07, 6.45) is 6.97. The lowest BCUT2D eigenvalue weighted by Crippen LogP contribution is -2.36. The van der Waals surface area contributed by atoms with E-state index in [4.69, 9.17) is 5.73 Å². The third-order valence-corrected chi connectivity index (χ3v) is 2.04. The first-order valence-corrected chi connectivity index (χ1v) is 5.26. The second-order valence-corrected chi connectivity index (χ2v) is 3.39. The molecule has 0 radical (unpaired) electrons. The Balaban J connectivity index is 3.13. The Labute approximate surface area is 85.2 Å². The summed E-state index contributed by atoms with van der Waals surface area (Å²) in [5.74, 6) is -1.59. The van der Waals surface area contributed by atoms with Crippen LogP contribution in [0, 0.1) is 0 Å². The fourth-order valence-corrected chi connectivity index (χ4v) is 1.19. The molecule has 0 atom stereocenters. The largest absolute Gasteiger partial charge is 0.361 e. The lowest BCUT2D eigenvalue weighted by molar-refractivity contribution is -0.137. The summed E-state index contributed by atoms with van der Waals surface area (Å²) in [5.41, 5.74) is 4.77. The number of hydrogen-bond acceptors (Lipinski definition) is 2. The molecule has 0 fully saturated rings. The van der Waals surface area contributed by atoms with E-state index >= 15 is 0 Å². The van der Waals surface area contributed by atoms with Gasteiger partial charge in [-0.2, -0.15) is 0 Å². The summed E-state index contributed by atoms with van der Waals surface area (Å²) >= 11 is 0. The number of hydrogen-bond donors (Lipinski definition) is 2. The van der Waals surface area contributed by atoms with E-state index in [1.165, 1.54) is 25.7 Å². The molecule has 0 spiro atoms. The fraction of sp³-hybridized carbons (Fsp3) is 0.800. The fourth-order valence-electron chi connectivity index (χ4n) is 1.19. The van der Waals surface area contributed by atoms with Crippen LogP contribution < -0.4 is 11.1 Å². The second-order valence-electron chi connectivity index (χ2n) is 3.39. The molecule has 0 aliphatic carbocycles. The third kappa shape index (κ3) is 7.58. The van der Waals surface area contributed by atoms with Crippen molar-refractivity contribution >= 4 is 11.8 Å². The molecule has 0 aliphatic heterocycles. The molecule has 0 aromatic carbocycles. The molecule has 0 aliphatic rings. The minimum absolute atomic E-state index is 0.550. The van der Waals surface area contributed by atoms with Gasteiger partial charge in [-0.1, -0.05) is 39.0 Å². The zero-order valence-electron chi connectivity index (χ0n) is 8.84. The smallest absolute Gasteiger partial charge is 0.309 e. The van der Waals surface area contributed by atoms with Gasteiger partial charge in [0.1, 0.15) is 0 Å². The Morgan fingerprint density at radius 1 is 1.07 bits per heavy atom. The van der Waals surface area contributed by atoms with Gasteiger partial charge < -0.3 is 11.1 Å². The molecule has 82 valence electrons. The number of carbonyl (C=O) groups is 2. The van der Waals surface area contributed by atoms with Gasteiger partial charge in [0.2, 0.25) is 0 Å². The van der Waals surface area contributed by atoms with Gasteiger partial charge >= 0.3 is 11.8 Å². The van der Waals surface area contributed by atoms with Gasteiger partial charge in [0.05, 0.1) is 0 Å². The zero-order chi connectivity index (χ0) is 10.8. The van der Waals surface area contributed by atoms with Crippen molar-refractivity contribution in [1.82, 2.24) is 5.32 Å². The van der Waals surface area contributed by atoms with E-state index < -0.39 is 11.8 Å². The van der Waals surface area contributed by atoms with Crippen molar-refractivity contribution in [2.45, 2.75) is 45.4 Å². The summed E-state index contributed by atoms with van der Waals surface area (Å²) in [4.78, 5) is 21.0. The van der Waals surface area contributed by atoms with E-state index in [1.807, 2.05) is 0 Å². The molecule has 0 rings (SSSR count). The first-order valence-electron chi connectivity index (χ1n) is 5.26. The van der Waals surface area contributed by atoms with Crippen molar-refractivity contribution < 1.29 is 9.59 Å². The van der Waals surface area contributed by atoms with E-state index in [1.54, 1.807) is 0 Å². The van der Waals surface area contributed by atoms with Gasteiger partial charge in [0.15, 0.2) is 0 Å². The van der Waals surface area contributed by atoms with Crippen LogP contribution in [0.1, 0.15) is 45.4 Å². The highest BCUT2D eigenvalue weighted by atomic mass is 16.2. The normalized spacial score (nSPS) is 9.79. The zero-order valence-corrected chi connectivity index (χ0v) is 8.84. The molecular formula is C10H20N2O2. The number of nitrogens with two attached hydrogens (primary N) is 1. The minimum Gasteiger partial charge on any atom is -0.361 e. The molecule has 0 unspecified atom stereocenters. The molecule has 14 heavy (non-hydrogen) atoms. The standard InChI is InChI=1S/C10H20N2O2/c1-2-3-4-5-6-7-8-12-10(14)9(11)13/h2-8H2,1H3,(H2,11,13)(H,12,14). The molecule has 0 saturated heterocycles. The Hall–Kier alpha value is -1.06. The quantitative estimate of drug-likeness (QED) is 0.474. The first kappa shape index (κ1) is 12.9. The van der Waals surface area contributed by atoms with Crippen LogP contribution in [0.25, 0.3) is 0 Å². The van der Waals surface area contributed by atoms with E-state index in [0.717, 1.165) is 12.8 Å². The van der Waals surface area contributed by atoms with Gasteiger partial charge in [-0.25, -0.2) is 0 Å². The van der Waals surface area contributed by atoms with Crippen molar-refractivity contribution in [3.8, 4) is 0 Å². The van der Waals surface area contributed by atoms with E-state index in [-0.39, 0.29) is 0 Å². The maximum absolute atomic E-state index is 10.7. The number of nitrogens with one attached hydrogen (secondary N) is 1. The Bertz CT molecular complexity index is 181. The molecule has 0 aromatic heterocycles. The van der Waals surface area contributed by atoms with Crippen molar-refractivity contribution in [1.29, 1.82) is 0 Å².